The van der Waals surface area contributed by atoms with Crippen LogP contribution < -0.4 is 0 Å². The second-order valence-electron chi connectivity index (χ2n) is 3.92. The third-order valence-electron chi connectivity index (χ3n) is 2.71. The molecule has 2 rings (SSSR count). The maximum absolute atomic E-state index is 6.53. The first kappa shape index (κ1) is 13.4. The van der Waals surface area contributed by atoms with Crippen LogP contribution in [0.15, 0.2) is 28.7 Å². The first-order valence-electron chi connectivity index (χ1n) is 5.15. The second-order valence-corrected chi connectivity index (χ2v) is 6.90. The minimum absolute atomic E-state index is 0.135. The Labute approximate surface area is 124 Å². The number of hydrogen-bond donors (Lipinski definition) is 0. The first-order chi connectivity index (χ1) is 8.00. The van der Waals surface area contributed by atoms with Crippen LogP contribution in [-0.4, -0.2) is 0 Å². The predicted molar refractivity (Wildman–Crippen MR) is 80.6 cm³/mol. The molecule has 1 aromatic carbocycles. The lowest BCUT2D eigenvalue weighted by atomic mass is 10.0. The fraction of sp³-hybridized carbons (Fsp3) is 0.231. The molecule has 0 spiro atoms. The summed E-state index contributed by atoms with van der Waals surface area (Å²) in [6, 6.07) is 8.14. The summed E-state index contributed by atoms with van der Waals surface area (Å²) < 4.78 is 1.90. The predicted octanol–water partition coefficient (Wildman–Crippen LogP) is 6.11. The number of hydrogen-bond acceptors (Lipinski definition) is 1. The molecule has 0 nitrogen and oxygen atoms in total. The van der Waals surface area contributed by atoms with Gasteiger partial charge in [-0.25, -0.2) is 0 Å². The molecule has 1 aromatic heterocycles. The zero-order valence-corrected chi connectivity index (χ0v) is 13.3. The zero-order valence-electron chi connectivity index (χ0n) is 9.43. The minimum Gasteiger partial charge on any atom is -0.126 e. The second kappa shape index (κ2) is 5.31. The molecule has 0 saturated carbocycles. The van der Waals surface area contributed by atoms with Gasteiger partial charge in [0.05, 0.1) is 9.71 Å². The Kier molecular flexibility index (Phi) is 4.19. The normalized spacial score (nSPS) is 12.8. The molecule has 0 saturated heterocycles. The monoisotopic (exact) mass is 348 g/mol. The van der Waals surface area contributed by atoms with Gasteiger partial charge in [0.1, 0.15) is 0 Å². The maximum Gasteiger partial charge on any atom is 0.0960 e. The molecule has 2 aromatic rings. The zero-order chi connectivity index (χ0) is 12.6. The fourth-order valence-electron chi connectivity index (χ4n) is 1.66. The van der Waals surface area contributed by atoms with Crippen molar-refractivity contribution in [3.8, 4) is 0 Å². The van der Waals surface area contributed by atoms with E-state index in [1.807, 2.05) is 19.1 Å². The van der Waals surface area contributed by atoms with Gasteiger partial charge in [-0.1, -0.05) is 39.7 Å². The molecule has 1 unspecified atom stereocenters. The van der Waals surface area contributed by atoms with Crippen LogP contribution in [0.5, 0.6) is 0 Å². The van der Waals surface area contributed by atoms with E-state index in [1.54, 1.807) is 11.3 Å². The highest BCUT2D eigenvalue weighted by atomic mass is 79.9. The van der Waals surface area contributed by atoms with E-state index < -0.39 is 0 Å². The Morgan fingerprint density at radius 3 is 2.59 bits per heavy atom. The molecule has 4 heteroatoms. The lowest BCUT2D eigenvalue weighted by Gasteiger charge is -2.12. The van der Waals surface area contributed by atoms with Crippen LogP contribution in [0, 0.1) is 13.8 Å². The largest absolute Gasteiger partial charge is 0.126 e. The summed E-state index contributed by atoms with van der Waals surface area (Å²) >= 11 is 17.7. The smallest absolute Gasteiger partial charge is 0.0960 e. The molecule has 0 aliphatic rings. The van der Waals surface area contributed by atoms with E-state index in [-0.39, 0.29) is 5.38 Å². The van der Waals surface area contributed by atoms with Crippen LogP contribution in [0.1, 0.15) is 26.9 Å². The van der Waals surface area contributed by atoms with E-state index in [0.717, 1.165) is 24.8 Å². The van der Waals surface area contributed by atoms with Gasteiger partial charge in [-0.15, -0.1) is 22.9 Å². The Morgan fingerprint density at radius 2 is 2.00 bits per heavy atom. The summed E-state index contributed by atoms with van der Waals surface area (Å²) in [5.41, 5.74) is 3.39. The van der Waals surface area contributed by atoms with Crippen molar-refractivity contribution in [2.75, 3.05) is 0 Å². The molecular formula is C13H11BrCl2S. The van der Waals surface area contributed by atoms with Crippen molar-refractivity contribution < 1.29 is 0 Å². The van der Waals surface area contributed by atoms with Gasteiger partial charge >= 0.3 is 0 Å². The van der Waals surface area contributed by atoms with Gasteiger partial charge in [-0.05, 0) is 42.7 Å². The Hall–Kier alpha value is -0.0200. The van der Waals surface area contributed by atoms with Gasteiger partial charge in [0, 0.05) is 9.35 Å². The molecule has 17 heavy (non-hydrogen) atoms. The minimum atomic E-state index is -0.135. The molecule has 90 valence electrons. The van der Waals surface area contributed by atoms with E-state index in [0.29, 0.717) is 0 Å². The average molecular weight is 350 g/mol. The molecule has 1 heterocycles. The standard InChI is InChI=1S/C13H11BrCl2S/c1-7-6-11(17-13(7)16)12(15)9-4-3-5-10(14)8(9)2/h3-6,12H,1-2H3. The summed E-state index contributed by atoms with van der Waals surface area (Å²) in [6.45, 7) is 4.07. The molecule has 1 atom stereocenters. The first-order valence-corrected chi connectivity index (χ1v) is 7.58. The van der Waals surface area contributed by atoms with Crippen LogP contribution in [-0.2, 0) is 0 Å². The van der Waals surface area contributed by atoms with Crippen molar-refractivity contribution in [2.24, 2.45) is 0 Å². The van der Waals surface area contributed by atoms with Crippen molar-refractivity contribution in [3.63, 3.8) is 0 Å². The van der Waals surface area contributed by atoms with E-state index in [1.165, 1.54) is 5.56 Å². The average Bonchev–Trinajstić information content (AvgIpc) is 2.62. The van der Waals surface area contributed by atoms with E-state index in [9.17, 15) is 0 Å². The van der Waals surface area contributed by atoms with Crippen molar-refractivity contribution in [1.29, 1.82) is 0 Å². The van der Waals surface area contributed by atoms with Gasteiger partial charge in [-0.2, -0.15) is 0 Å². The SMILES string of the molecule is Cc1cc(C(Cl)c2cccc(Br)c2C)sc1Cl. The van der Waals surface area contributed by atoms with Crippen molar-refractivity contribution in [2.45, 2.75) is 19.2 Å². The van der Waals surface area contributed by atoms with Crippen LogP contribution in [0.25, 0.3) is 0 Å². The highest BCUT2D eigenvalue weighted by molar-refractivity contribution is 9.10. The summed E-state index contributed by atoms with van der Waals surface area (Å²) in [4.78, 5) is 1.09. The highest BCUT2D eigenvalue weighted by Gasteiger charge is 2.17. The third-order valence-corrected chi connectivity index (χ3v) is 5.79. The Morgan fingerprint density at radius 1 is 1.29 bits per heavy atom. The maximum atomic E-state index is 6.53. The molecule has 0 aliphatic heterocycles. The lowest BCUT2D eigenvalue weighted by Crippen LogP contribution is -1.94. The molecule has 0 N–H and O–H groups in total. The molecule has 0 amide bonds. The molecule has 0 aliphatic carbocycles. The van der Waals surface area contributed by atoms with Crippen molar-refractivity contribution in [3.05, 3.63) is 54.6 Å². The quantitative estimate of drug-likeness (QED) is 0.574. The Balaban J connectivity index is 2.43. The van der Waals surface area contributed by atoms with E-state index >= 15 is 0 Å². The van der Waals surface area contributed by atoms with Gasteiger partial charge in [0.25, 0.3) is 0 Å². The van der Waals surface area contributed by atoms with Gasteiger partial charge < -0.3 is 0 Å². The number of benzene rings is 1. The topological polar surface area (TPSA) is 0 Å². The van der Waals surface area contributed by atoms with Crippen LogP contribution >= 0.6 is 50.5 Å². The van der Waals surface area contributed by atoms with E-state index in [2.05, 4.69) is 35.0 Å². The molecule has 0 fully saturated rings. The van der Waals surface area contributed by atoms with E-state index in [4.69, 9.17) is 23.2 Å². The van der Waals surface area contributed by atoms with Crippen molar-refractivity contribution in [1.82, 2.24) is 0 Å². The summed E-state index contributed by atoms with van der Waals surface area (Å²) in [5.74, 6) is 0. The van der Waals surface area contributed by atoms with Crippen LogP contribution in [0.2, 0.25) is 4.34 Å². The molecular weight excluding hydrogens is 339 g/mol. The molecule has 0 bridgehead atoms. The van der Waals surface area contributed by atoms with Crippen LogP contribution in [0.3, 0.4) is 0 Å². The number of thiophene rings is 1. The van der Waals surface area contributed by atoms with Gasteiger partial charge in [0.15, 0.2) is 0 Å². The third kappa shape index (κ3) is 2.70. The number of aryl methyl sites for hydroxylation is 1. The van der Waals surface area contributed by atoms with Crippen molar-refractivity contribution >= 4 is 50.5 Å². The lowest BCUT2D eigenvalue weighted by molar-refractivity contribution is 1.14. The van der Waals surface area contributed by atoms with Crippen LogP contribution in [0.4, 0.5) is 0 Å². The number of alkyl halides is 1. The summed E-state index contributed by atoms with van der Waals surface area (Å²) in [5, 5.41) is -0.135. The summed E-state index contributed by atoms with van der Waals surface area (Å²) in [6.07, 6.45) is 0. The molecule has 0 radical (unpaired) electrons. The van der Waals surface area contributed by atoms with Gasteiger partial charge in [-0.3, -0.25) is 0 Å². The number of halogens is 3. The van der Waals surface area contributed by atoms with Gasteiger partial charge in [0.2, 0.25) is 0 Å². The highest BCUT2D eigenvalue weighted by Crippen LogP contribution is 2.39. The summed E-state index contributed by atoms with van der Waals surface area (Å²) in [7, 11) is 0. The fourth-order valence-corrected chi connectivity index (χ4v) is 3.69. The number of rotatable bonds is 2. The Bertz CT molecular complexity index is 529.